The minimum Gasteiger partial charge on any atom is -0.0704 e. The molecular formula is C7H10. The number of fused-ring (bicyclic) bond motifs is 1. The van der Waals surface area contributed by atoms with Crippen LogP contribution in [0.1, 0.15) is 26.2 Å². The first-order valence-electron chi connectivity index (χ1n) is 3.12. The molecule has 0 heteroatoms. The summed E-state index contributed by atoms with van der Waals surface area (Å²) in [5, 5.41) is 0. The molecule has 0 spiro atoms. The Morgan fingerprint density at radius 3 is 2.57 bits per heavy atom. The molecule has 7 heavy (non-hydrogen) atoms. The summed E-state index contributed by atoms with van der Waals surface area (Å²) in [6.07, 6.45) is 4.24. The maximum atomic E-state index is 2.26. The third-order valence-electron chi connectivity index (χ3n) is 2.17. The Hall–Kier alpha value is -0.260. The highest BCUT2D eigenvalue weighted by molar-refractivity contribution is 5.41. The molecule has 0 radical (unpaired) electrons. The van der Waals surface area contributed by atoms with Gasteiger partial charge in [-0.05, 0) is 25.2 Å². The number of hydrogen-bond donors (Lipinski definition) is 0. The van der Waals surface area contributed by atoms with Gasteiger partial charge in [0.15, 0.2) is 0 Å². The van der Waals surface area contributed by atoms with Gasteiger partial charge >= 0.3 is 0 Å². The summed E-state index contributed by atoms with van der Waals surface area (Å²) in [5.41, 5.74) is 3.58. The molecule has 1 saturated carbocycles. The van der Waals surface area contributed by atoms with Gasteiger partial charge in [-0.1, -0.05) is 18.1 Å². The number of allylic oxidation sites excluding steroid dienone is 2. The smallest absolute Gasteiger partial charge is 0.0126 e. The van der Waals surface area contributed by atoms with Crippen molar-refractivity contribution in [2.24, 2.45) is 5.92 Å². The third kappa shape index (κ3) is 0.324. The fourth-order valence-electron chi connectivity index (χ4n) is 1.50. The van der Waals surface area contributed by atoms with Crippen molar-refractivity contribution in [2.75, 3.05) is 0 Å². The van der Waals surface area contributed by atoms with Gasteiger partial charge in [0.2, 0.25) is 0 Å². The van der Waals surface area contributed by atoms with Crippen LogP contribution in [0.15, 0.2) is 11.1 Å². The molecule has 1 fully saturated rings. The van der Waals surface area contributed by atoms with E-state index in [2.05, 4.69) is 6.92 Å². The summed E-state index contributed by atoms with van der Waals surface area (Å²) in [6, 6.07) is 0. The van der Waals surface area contributed by atoms with Crippen LogP contribution >= 0.6 is 0 Å². The zero-order valence-electron chi connectivity index (χ0n) is 4.70. The quantitative estimate of drug-likeness (QED) is 0.436. The summed E-state index contributed by atoms with van der Waals surface area (Å²) in [4.78, 5) is 0. The van der Waals surface area contributed by atoms with Gasteiger partial charge in [0.05, 0.1) is 0 Å². The molecule has 1 unspecified atom stereocenters. The molecule has 0 nitrogen and oxygen atoms in total. The Balaban J connectivity index is 2.22. The zero-order valence-corrected chi connectivity index (χ0v) is 4.70. The second-order valence-electron chi connectivity index (χ2n) is 2.59. The van der Waals surface area contributed by atoms with Crippen molar-refractivity contribution in [3.63, 3.8) is 0 Å². The Morgan fingerprint density at radius 1 is 1.57 bits per heavy atom. The van der Waals surface area contributed by atoms with Gasteiger partial charge in [0.1, 0.15) is 0 Å². The monoisotopic (exact) mass is 94.1 g/mol. The first-order chi connectivity index (χ1) is 3.42. The van der Waals surface area contributed by atoms with Crippen LogP contribution in [-0.2, 0) is 0 Å². The molecule has 0 bridgehead atoms. The maximum Gasteiger partial charge on any atom is -0.0126 e. The van der Waals surface area contributed by atoms with Crippen LogP contribution in [0.2, 0.25) is 0 Å². The first kappa shape index (κ1) is 3.71. The van der Waals surface area contributed by atoms with Crippen molar-refractivity contribution >= 4 is 0 Å². The van der Waals surface area contributed by atoms with Crippen molar-refractivity contribution in [2.45, 2.75) is 26.2 Å². The first-order valence-corrected chi connectivity index (χ1v) is 3.12. The van der Waals surface area contributed by atoms with Gasteiger partial charge in [0.25, 0.3) is 0 Å². The summed E-state index contributed by atoms with van der Waals surface area (Å²) in [5.74, 6) is 1.09. The molecule has 0 aliphatic heterocycles. The lowest BCUT2D eigenvalue weighted by Gasteiger charge is -2.08. The Bertz CT molecular complexity index is 131. The molecule has 0 saturated heterocycles. The standard InChI is InChI=1S/C7H10/c1-2-5-3-6-4-7(5)6/h6H,2-4H2,1H3. The van der Waals surface area contributed by atoms with E-state index in [9.17, 15) is 0 Å². The van der Waals surface area contributed by atoms with E-state index in [1.807, 2.05) is 5.57 Å². The van der Waals surface area contributed by atoms with Gasteiger partial charge in [-0.3, -0.25) is 0 Å². The van der Waals surface area contributed by atoms with E-state index in [1.54, 1.807) is 5.57 Å². The normalized spacial score (nSPS) is 34.7. The Kier molecular flexibility index (Phi) is 0.495. The molecule has 0 aromatic heterocycles. The van der Waals surface area contributed by atoms with E-state index in [0.717, 1.165) is 5.92 Å². The van der Waals surface area contributed by atoms with Gasteiger partial charge in [-0.15, -0.1) is 0 Å². The van der Waals surface area contributed by atoms with Crippen LogP contribution in [0.25, 0.3) is 0 Å². The predicted molar refractivity (Wildman–Crippen MR) is 30.0 cm³/mol. The molecule has 2 aliphatic rings. The summed E-state index contributed by atoms with van der Waals surface area (Å²) < 4.78 is 0. The lowest BCUT2D eigenvalue weighted by molar-refractivity contribution is 0.754. The SMILES string of the molecule is CCC1=C2CC2C1. The van der Waals surface area contributed by atoms with Crippen molar-refractivity contribution in [3.05, 3.63) is 11.1 Å². The lowest BCUT2D eigenvalue weighted by atomic mass is 9.97. The number of rotatable bonds is 1. The molecule has 0 amide bonds. The zero-order chi connectivity index (χ0) is 4.85. The third-order valence-corrected chi connectivity index (χ3v) is 2.17. The molecule has 2 rings (SSSR count). The van der Waals surface area contributed by atoms with Crippen molar-refractivity contribution in [1.82, 2.24) is 0 Å². The molecule has 0 aromatic carbocycles. The minimum absolute atomic E-state index is 1.09. The molecule has 0 aromatic rings. The highest BCUT2D eigenvalue weighted by atomic mass is 14.4. The molecule has 0 N–H and O–H groups in total. The van der Waals surface area contributed by atoms with E-state index in [-0.39, 0.29) is 0 Å². The van der Waals surface area contributed by atoms with E-state index in [1.165, 1.54) is 19.3 Å². The van der Waals surface area contributed by atoms with E-state index < -0.39 is 0 Å². The van der Waals surface area contributed by atoms with Gasteiger partial charge in [-0.25, -0.2) is 0 Å². The summed E-state index contributed by atoms with van der Waals surface area (Å²) >= 11 is 0. The van der Waals surface area contributed by atoms with Crippen LogP contribution in [0.4, 0.5) is 0 Å². The summed E-state index contributed by atoms with van der Waals surface area (Å²) in [6.45, 7) is 2.26. The van der Waals surface area contributed by atoms with Gasteiger partial charge in [-0.2, -0.15) is 0 Å². The van der Waals surface area contributed by atoms with Crippen LogP contribution in [0.5, 0.6) is 0 Å². The Morgan fingerprint density at radius 2 is 2.43 bits per heavy atom. The van der Waals surface area contributed by atoms with Crippen molar-refractivity contribution < 1.29 is 0 Å². The van der Waals surface area contributed by atoms with Gasteiger partial charge < -0.3 is 0 Å². The second kappa shape index (κ2) is 0.936. The van der Waals surface area contributed by atoms with Crippen molar-refractivity contribution in [3.8, 4) is 0 Å². The maximum absolute atomic E-state index is 2.26. The van der Waals surface area contributed by atoms with Crippen molar-refractivity contribution in [1.29, 1.82) is 0 Å². The van der Waals surface area contributed by atoms with Crippen LogP contribution in [0, 0.1) is 5.92 Å². The van der Waals surface area contributed by atoms with E-state index in [0.29, 0.717) is 0 Å². The summed E-state index contributed by atoms with van der Waals surface area (Å²) in [7, 11) is 0. The number of hydrogen-bond acceptors (Lipinski definition) is 0. The fraction of sp³-hybridized carbons (Fsp3) is 0.714. The van der Waals surface area contributed by atoms with Crippen LogP contribution in [-0.4, -0.2) is 0 Å². The molecule has 2 aliphatic carbocycles. The average Bonchev–Trinajstić information content (AvgIpc) is 2.18. The minimum atomic E-state index is 1.09. The van der Waals surface area contributed by atoms with Crippen LogP contribution < -0.4 is 0 Å². The molecule has 0 heterocycles. The lowest BCUT2D eigenvalue weighted by Crippen LogP contribution is -1.92. The fourth-order valence-corrected chi connectivity index (χ4v) is 1.50. The molecule has 38 valence electrons. The Labute approximate surface area is 44.2 Å². The topological polar surface area (TPSA) is 0 Å². The largest absolute Gasteiger partial charge is 0.0704 e. The highest BCUT2D eigenvalue weighted by Gasteiger charge is 2.40. The average molecular weight is 94.2 g/mol. The van der Waals surface area contributed by atoms with Crippen LogP contribution in [0.3, 0.4) is 0 Å². The highest BCUT2D eigenvalue weighted by Crippen LogP contribution is 2.55. The molecule has 1 atom stereocenters. The van der Waals surface area contributed by atoms with Gasteiger partial charge in [0, 0.05) is 0 Å². The van der Waals surface area contributed by atoms with E-state index in [4.69, 9.17) is 0 Å². The molecular weight excluding hydrogens is 84.1 g/mol. The second-order valence-corrected chi connectivity index (χ2v) is 2.59. The predicted octanol–water partition coefficient (Wildman–Crippen LogP) is 2.12. The van der Waals surface area contributed by atoms with E-state index >= 15 is 0 Å².